The fourth-order valence-corrected chi connectivity index (χ4v) is 4.24. The van der Waals surface area contributed by atoms with Gasteiger partial charge in [-0.3, -0.25) is 4.79 Å². The average molecular weight is 470 g/mol. The summed E-state index contributed by atoms with van der Waals surface area (Å²) in [6, 6.07) is 6.55. The number of carbonyl (C=O) groups excluding carboxylic acids is 1. The van der Waals surface area contributed by atoms with Gasteiger partial charge in [0.05, 0.1) is 40.0 Å². The van der Waals surface area contributed by atoms with Crippen molar-refractivity contribution in [3.63, 3.8) is 0 Å². The Labute approximate surface area is 201 Å². The third-order valence-electron chi connectivity index (χ3n) is 6.11. The first-order chi connectivity index (χ1) is 16.5. The Kier molecular flexibility index (Phi) is 8.82. The number of ether oxygens (including phenoxy) is 4. The lowest BCUT2D eigenvalue weighted by Crippen LogP contribution is -3.10. The first-order valence-corrected chi connectivity index (χ1v) is 11.9. The van der Waals surface area contributed by atoms with Gasteiger partial charge in [-0.25, -0.2) is 0 Å². The van der Waals surface area contributed by atoms with Gasteiger partial charge >= 0.3 is 0 Å². The van der Waals surface area contributed by atoms with Gasteiger partial charge in [-0.1, -0.05) is 38.5 Å². The van der Waals surface area contributed by atoms with Gasteiger partial charge in [0.25, 0.3) is 0 Å². The number of rotatable bonds is 12. The number of fused-ring (bicyclic) bond motifs is 1. The standard InChI is InChI=1S/C27H35NO6/c1-6-8-14-28(15-9-7-2)17-20-21(29)12-11-19-24(30)23(34-26(19)20)16-18-10-13-22(31-3)27(33-5)25(18)32-4/h10-13,16,29H,6-9,14-15,17H2,1-5H3/b23-16-. The number of carbonyl (C=O) groups is 1. The molecule has 0 unspecified atom stereocenters. The maximum absolute atomic E-state index is 13.2. The minimum absolute atomic E-state index is 0.0954. The van der Waals surface area contributed by atoms with Gasteiger partial charge < -0.3 is 29.0 Å². The monoisotopic (exact) mass is 469 g/mol. The van der Waals surface area contributed by atoms with E-state index in [-0.39, 0.29) is 17.3 Å². The lowest BCUT2D eigenvalue weighted by Gasteiger charge is -2.23. The van der Waals surface area contributed by atoms with Crippen LogP contribution in [0.1, 0.15) is 61.0 Å². The topological polar surface area (TPSA) is 81.5 Å². The van der Waals surface area contributed by atoms with Gasteiger partial charge in [0.2, 0.25) is 11.5 Å². The SMILES string of the molecule is CCCC[NH+](CCCC)Cc1c([O-])ccc2c1O/C(=C\c1ccc(OC)c(OC)c1OC)C2=O. The molecule has 0 bridgehead atoms. The van der Waals surface area contributed by atoms with Gasteiger partial charge in [-0.05, 0) is 37.1 Å². The number of nitrogens with one attached hydrogen (secondary N) is 1. The molecule has 0 aromatic heterocycles. The van der Waals surface area contributed by atoms with Crippen LogP contribution < -0.4 is 29.0 Å². The van der Waals surface area contributed by atoms with Crippen LogP contribution in [0.5, 0.6) is 28.7 Å². The molecule has 1 heterocycles. The summed E-state index contributed by atoms with van der Waals surface area (Å²) in [5.41, 5.74) is 1.60. The Balaban J connectivity index is 1.97. The first kappa shape index (κ1) is 25.4. The molecule has 0 atom stereocenters. The fraction of sp³-hybridized carbons (Fsp3) is 0.444. The number of benzene rings is 2. The third kappa shape index (κ3) is 5.30. The van der Waals surface area contributed by atoms with E-state index in [1.165, 1.54) is 25.2 Å². The number of unbranched alkanes of at least 4 members (excludes halogenated alkanes) is 2. The van der Waals surface area contributed by atoms with Crippen molar-refractivity contribution in [1.82, 2.24) is 0 Å². The van der Waals surface area contributed by atoms with Crippen LogP contribution in [0.15, 0.2) is 30.0 Å². The van der Waals surface area contributed by atoms with Crippen molar-refractivity contribution in [2.24, 2.45) is 0 Å². The van der Waals surface area contributed by atoms with Crippen LogP contribution in [-0.4, -0.2) is 40.2 Å². The molecule has 3 rings (SSSR count). The normalized spacial score (nSPS) is 13.8. The Bertz CT molecular complexity index is 1040. The Morgan fingerprint density at radius 1 is 0.941 bits per heavy atom. The minimum atomic E-state index is -0.253. The summed E-state index contributed by atoms with van der Waals surface area (Å²) in [5.74, 6) is 1.56. The molecule has 2 aromatic rings. The van der Waals surface area contributed by atoms with Crippen molar-refractivity contribution >= 4 is 11.9 Å². The molecular formula is C27H35NO6. The van der Waals surface area contributed by atoms with Crippen molar-refractivity contribution in [3.05, 3.63) is 46.7 Å². The Hall–Kier alpha value is -3.19. The van der Waals surface area contributed by atoms with Crippen molar-refractivity contribution in [2.75, 3.05) is 34.4 Å². The molecule has 0 saturated carbocycles. The summed E-state index contributed by atoms with van der Waals surface area (Å²) in [5, 5.41) is 12.8. The molecule has 7 heteroatoms. The zero-order chi connectivity index (χ0) is 24.7. The molecule has 0 saturated heterocycles. The quantitative estimate of drug-likeness (QED) is 0.480. The molecule has 0 amide bonds. The fourth-order valence-electron chi connectivity index (χ4n) is 4.24. The number of quaternary nitrogens is 1. The van der Waals surface area contributed by atoms with Crippen molar-refractivity contribution in [3.8, 4) is 28.7 Å². The van der Waals surface area contributed by atoms with Crippen molar-refractivity contribution < 1.29 is 33.7 Å². The van der Waals surface area contributed by atoms with E-state index in [4.69, 9.17) is 18.9 Å². The van der Waals surface area contributed by atoms with Crippen molar-refractivity contribution in [1.29, 1.82) is 0 Å². The van der Waals surface area contributed by atoms with Crippen LogP contribution in [-0.2, 0) is 6.54 Å². The molecule has 34 heavy (non-hydrogen) atoms. The van der Waals surface area contributed by atoms with E-state index in [1.807, 2.05) is 0 Å². The number of hydrogen-bond donors (Lipinski definition) is 1. The Morgan fingerprint density at radius 2 is 1.62 bits per heavy atom. The number of ketones is 1. The highest BCUT2D eigenvalue weighted by molar-refractivity contribution is 6.15. The molecule has 7 nitrogen and oxygen atoms in total. The minimum Gasteiger partial charge on any atom is -0.872 e. The molecule has 1 aliphatic rings. The molecule has 0 radical (unpaired) electrons. The summed E-state index contributed by atoms with van der Waals surface area (Å²) in [7, 11) is 4.60. The van der Waals surface area contributed by atoms with Gasteiger partial charge in [0, 0.05) is 11.1 Å². The molecule has 0 aliphatic carbocycles. The number of allylic oxidation sites excluding steroid dienone is 1. The first-order valence-electron chi connectivity index (χ1n) is 11.9. The summed E-state index contributed by atoms with van der Waals surface area (Å²) in [4.78, 5) is 14.5. The van der Waals surface area contributed by atoms with E-state index >= 15 is 0 Å². The summed E-state index contributed by atoms with van der Waals surface area (Å²) in [6.45, 7) is 6.84. The highest BCUT2D eigenvalue weighted by Gasteiger charge is 2.31. The highest BCUT2D eigenvalue weighted by Crippen LogP contribution is 2.43. The lowest BCUT2D eigenvalue weighted by atomic mass is 10.0. The molecule has 1 N–H and O–H groups in total. The van der Waals surface area contributed by atoms with Crippen LogP contribution in [0.2, 0.25) is 0 Å². The molecule has 0 fully saturated rings. The van der Waals surface area contributed by atoms with Gasteiger partial charge in [-0.2, -0.15) is 0 Å². The second-order valence-corrected chi connectivity index (χ2v) is 8.42. The largest absolute Gasteiger partial charge is 0.872 e. The maximum atomic E-state index is 13.2. The summed E-state index contributed by atoms with van der Waals surface area (Å²) >= 11 is 0. The van der Waals surface area contributed by atoms with Crippen LogP contribution in [0, 0.1) is 0 Å². The zero-order valence-corrected chi connectivity index (χ0v) is 20.8. The second kappa shape index (κ2) is 11.8. The van der Waals surface area contributed by atoms with E-state index in [1.54, 1.807) is 31.4 Å². The average Bonchev–Trinajstić information content (AvgIpc) is 3.16. The second-order valence-electron chi connectivity index (χ2n) is 8.42. The Morgan fingerprint density at radius 3 is 2.21 bits per heavy atom. The summed E-state index contributed by atoms with van der Waals surface area (Å²) < 4.78 is 22.4. The molecular weight excluding hydrogens is 434 g/mol. The van der Waals surface area contributed by atoms with Crippen LogP contribution in [0.3, 0.4) is 0 Å². The predicted molar refractivity (Wildman–Crippen MR) is 129 cm³/mol. The van der Waals surface area contributed by atoms with E-state index in [9.17, 15) is 9.90 Å². The highest BCUT2D eigenvalue weighted by atomic mass is 16.5. The third-order valence-corrected chi connectivity index (χ3v) is 6.11. The van der Waals surface area contributed by atoms with Crippen molar-refractivity contribution in [2.45, 2.75) is 46.1 Å². The lowest BCUT2D eigenvalue weighted by molar-refractivity contribution is -0.914. The molecule has 2 aromatic carbocycles. The van der Waals surface area contributed by atoms with E-state index in [0.29, 0.717) is 46.2 Å². The van der Waals surface area contributed by atoms with E-state index in [2.05, 4.69) is 13.8 Å². The molecule has 0 spiro atoms. The number of methoxy groups -OCH3 is 3. The van der Waals surface area contributed by atoms with Crippen LogP contribution >= 0.6 is 0 Å². The van der Waals surface area contributed by atoms with Crippen LogP contribution in [0.4, 0.5) is 0 Å². The van der Waals surface area contributed by atoms with Crippen LogP contribution in [0.25, 0.3) is 6.08 Å². The number of hydrogen-bond acceptors (Lipinski definition) is 6. The van der Waals surface area contributed by atoms with E-state index in [0.717, 1.165) is 38.8 Å². The predicted octanol–water partition coefficient (Wildman–Crippen LogP) is 3.39. The smallest absolute Gasteiger partial charge is 0.231 e. The maximum Gasteiger partial charge on any atom is 0.231 e. The molecule has 1 aliphatic heterocycles. The summed E-state index contributed by atoms with van der Waals surface area (Å²) in [6.07, 6.45) is 6.00. The van der Waals surface area contributed by atoms with Gasteiger partial charge in [-0.15, -0.1) is 0 Å². The zero-order valence-electron chi connectivity index (χ0n) is 20.8. The van der Waals surface area contributed by atoms with E-state index < -0.39 is 0 Å². The van der Waals surface area contributed by atoms with Gasteiger partial charge in [0.15, 0.2) is 17.3 Å². The molecule has 184 valence electrons. The number of Topliss-reactive ketones (excluding diaryl/α,β-unsaturated/α-hetero) is 1. The van der Waals surface area contributed by atoms with Gasteiger partial charge in [0.1, 0.15) is 12.3 Å².